The molecule has 0 spiro atoms. The van der Waals surface area contributed by atoms with Gasteiger partial charge >= 0.3 is 0 Å². The number of amides is 2. The number of piperazine rings is 1. The lowest BCUT2D eigenvalue weighted by molar-refractivity contribution is -0.163. The van der Waals surface area contributed by atoms with Crippen LogP contribution in [0.2, 0.25) is 0 Å². The van der Waals surface area contributed by atoms with E-state index in [1.54, 1.807) is 18.7 Å². The summed E-state index contributed by atoms with van der Waals surface area (Å²) in [7, 11) is 0. The molecule has 18 heavy (non-hydrogen) atoms. The van der Waals surface area contributed by atoms with Gasteiger partial charge in [-0.25, -0.2) is 0 Å². The maximum absolute atomic E-state index is 12.6. The highest BCUT2D eigenvalue weighted by molar-refractivity contribution is 6.01. The molecular weight excluding hydrogens is 228 g/mol. The lowest BCUT2D eigenvalue weighted by Crippen LogP contribution is -2.74. The lowest BCUT2D eigenvalue weighted by Gasteiger charge is -2.51. The number of hydrogen-bond acceptors (Lipinski definition) is 2. The van der Waals surface area contributed by atoms with E-state index in [2.05, 4.69) is 19.2 Å². The van der Waals surface area contributed by atoms with E-state index >= 15 is 0 Å². The first-order valence-corrected chi connectivity index (χ1v) is 6.86. The highest BCUT2D eigenvalue weighted by Crippen LogP contribution is 2.32. The maximum Gasteiger partial charge on any atom is 0.248 e. The molecule has 1 heterocycles. The summed E-state index contributed by atoms with van der Waals surface area (Å²) in [6, 6.07) is 0. The predicted molar refractivity (Wildman–Crippen MR) is 72.1 cm³/mol. The zero-order valence-electron chi connectivity index (χ0n) is 12.5. The fraction of sp³-hybridized carbons (Fsp3) is 0.857. The van der Waals surface area contributed by atoms with Gasteiger partial charge in [-0.15, -0.1) is 0 Å². The van der Waals surface area contributed by atoms with Gasteiger partial charge in [0.25, 0.3) is 0 Å². The van der Waals surface area contributed by atoms with Crippen LogP contribution in [0.3, 0.4) is 0 Å². The van der Waals surface area contributed by atoms with E-state index < -0.39 is 11.1 Å². The molecule has 0 bridgehead atoms. The first-order valence-electron chi connectivity index (χ1n) is 6.86. The summed E-state index contributed by atoms with van der Waals surface area (Å²) in [5.74, 6) is 0.366. The highest BCUT2D eigenvalue weighted by Gasteiger charge is 2.53. The molecule has 0 aliphatic carbocycles. The minimum atomic E-state index is -0.792. The Hall–Kier alpha value is -1.06. The van der Waals surface area contributed by atoms with Crippen LogP contribution in [-0.4, -0.2) is 34.3 Å². The second-order valence-electron chi connectivity index (χ2n) is 6.13. The van der Waals surface area contributed by atoms with Crippen LogP contribution in [0.5, 0.6) is 0 Å². The van der Waals surface area contributed by atoms with Gasteiger partial charge in [-0.3, -0.25) is 9.59 Å². The Bertz CT molecular complexity index is 344. The van der Waals surface area contributed by atoms with E-state index in [0.29, 0.717) is 25.3 Å². The fourth-order valence-corrected chi connectivity index (χ4v) is 2.68. The molecule has 0 aromatic rings. The topological polar surface area (TPSA) is 49.4 Å². The van der Waals surface area contributed by atoms with E-state index in [1.807, 2.05) is 13.8 Å². The normalized spacial score (nSPS) is 22.3. The highest BCUT2D eigenvalue weighted by atomic mass is 16.2. The molecule has 0 aromatic heterocycles. The third kappa shape index (κ3) is 2.25. The van der Waals surface area contributed by atoms with Crippen molar-refractivity contribution < 1.29 is 9.59 Å². The monoisotopic (exact) mass is 254 g/mol. The fourth-order valence-electron chi connectivity index (χ4n) is 2.68. The zero-order chi connectivity index (χ0) is 14.1. The summed E-state index contributed by atoms with van der Waals surface area (Å²) >= 11 is 0. The van der Waals surface area contributed by atoms with Crippen molar-refractivity contribution in [3.8, 4) is 0 Å². The average molecular weight is 254 g/mol. The molecule has 0 atom stereocenters. The van der Waals surface area contributed by atoms with Gasteiger partial charge in [0.05, 0.1) is 0 Å². The molecule has 0 aromatic carbocycles. The van der Waals surface area contributed by atoms with Crippen LogP contribution >= 0.6 is 0 Å². The zero-order valence-corrected chi connectivity index (χ0v) is 12.5. The second-order valence-corrected chi connectivity index (χ2v) is 6.13. The average Bonchev–Trinajstić information content (AvgIpc) is 2.26. The third-order valence-electron chi connectivity index (χ3n) is 3.86. The molecule has 0 unspecified atom stereocenters. The SMILES string of the molecule is CCC1(CC)C(=O)NC(C)(C)C(=O)N1CC(C)C. The Balaban J connectivity index is 3.22. The quantitative estimate of drug-likeness (QED) is 0.833. The molecular formula is C14H26N2O2. The first-order chi connectivity index (χ1) is 8.21. The van der Waals surface area contributed by atoms with Crippen LogP contribution in [0.15, 0.2) is 0 Å². The number of rotatable bonds is 4. The van der Waals surface area contributed by atoms with Crippen molar-refractivity contribution in [1.82, 2.24) is 10.2 Å². The summed E-state index contributed by atoms with van der Waals surface area (Å²) < 4.78 is 0. The van der Waals surface area contributed by atoms with E-state index in [-0.39, 0.29) is 11.8 Å². The lowest BCUT2D eigenvalue weighted by atomic mass is 9.82. The standard InChI is InChI=1S/C14H26N2O2/c1-7-14(8-2)11(17)15-13(5,6)12(18)16(14)9-10(3)4/h10H,7-9H2,1-6H3,(H,15,17). The van der Waals surface area contributed by atoms with E-state index in [1.165, 1.54) is 0 Å². The predicted octanol–water partition coefficient (Wildman–Crippen LogP) is 1.94. The van der Waals surface area contributed by atoms with Gasteiger partial charge in [0.15, 0.2) is 0 Å². The van der Waals surface area contributed by atoms with Gasteiger partial charge in [0.2, 0.25) is 11.8 Å². The summed E-state index contributed by atoms with van der Waals surface area (Å²) in [4.78, 5) is 26.8. The molecule has 1 saturated heterocycles. The van der Waals surface area contributed by atoms with Gasteiger partial charge in [0, 0.05) is 6.54 Å². The van der Waals surface area contributed by atoms with Crippen LogP contribution in [-0.2, 0) is 9.59 Å². The van der Waals surface area contributed by atoms with Crippen molar-refractivity contribution in [3.05, 3.63) is 0 Å². The van der Waals surface area contributed by atoms with Gasteiger partial charge in [-0.05, 0) is 32.6 Å². The molecule has 0 saturated carbocycles. The Morgan fingerprint density at radius 2 is 1.67 bits per heavy atom. The minimum Gasteiger partial charge on any atom is -0.340 e. The smallest absolute Gasteiger partial charge is 0.248 e. The molecule has 2 amide bonds. The molecule has 104 valence electrons. The van der Waals surface area contributed by atoms with Crippen molar-refractivity contribution in [3.63, 3.8) is 0 Å². The maximum atomic E-state index is 12.6. The third-order valence-corrected chi connectivity index (χ3v) is 3.86. The van der Waals surface area contributed by atoms with Crippen LogP contribution in [0.1, 0.15) is 54.4 Å². The Morgan fingerprint density at radius 1 is 1.17 bits per heavy atom. The molecule has 1 aliphatic heterocycles. The number of carbonyl (C=O) groups excluding carboxylic acids is 2. The van der Waals surface area contributed by atoms with Gasteiger partial charge in [-0.2, -0.15) is 0 Å². The van der Waals surface area contributed by atoms with Gasteiger partial charge in [0.1, 0.15) is 11.1 Å². The van der Waals surface area contributed by atoms with Crippen molar-refractivity contribution in [2.75, 3.05) is 6.54 Å². The van der Waals surface area contributed by atoms with Crippen molar-refractivity contribution >= 4 is 11.8 Å². The molecule has 1 aliphatic rings. The van der Waals surface area contributed by atoms with Crippen molar-refractivity contribution in [2.45, 2.75) is 65.5 Å². The van der Waals surface area contributed by atoms with Gasteiger partial charge < -0.3 is 10.2 Å². The molecule has 0 radical (unpaired) electrons. The molecule has 1 N–H and O–H groups in total. The van der Waals surface area contributed by atoms with Crippen molar-refractivity contribution in [2.24, 2.45) is 5.92 Å². The Kier molecular flexibility index (Phi) is 4.08. The summed E-state index contributed by atoms with van der Waals surface area (Å²) in [5.41, 5.74) is -1.46. The summed E-state index contributed by atoms with van der Waals surface area (Å²) in [6.45, 7) is 12.3. The van der Waals surface area contributed by atoms with E-state index in [4.69, 9.17) is 0 Å². The van der Waals surface area contributed by atoms with Crippen LogP contribution in [0, 0.1) is 5.92 Å². The van der Waals surface area contributed by atoms with Crippen LogP contribution < -0.4 is 5.32 Å². The summed E-state index contributed by atoms with van der Waals surface area (Å²) in [6.07, 6.45) is 1.31. The molecule has 1 fully saturated rings. The van der Waals surface area contributed by atoms with Crippen LogP contribution in [0.4, 0.5) is 0 Å². The van der Waals surface area contributed by atoms with E-state index in [0.717, 1.165) is 0 Å². The van der Waals surface area contributed by atoms with E-state index in [9.17, 15) is 9.59 Å². The minimum absolute atomic E-state index is 0.0160. The number of nitrogens with zero attached hydrogens (tertiary/aromatic N) is 1. The largest absolute Gasteiger partial charge is 0.340 e. The molecule has 1 rings (SSSR count). The molecule has 4 heteroatoms. The number of carbonyl (C=O) groups is 2. The number of nitrogens with one attached hydrogen (secondary N) is 1. The Labute approximate surface area is 110 Å². The molecule has 4 nitrogen and oxygen atoms in total. The summed E-state index contributed by atoms with van der Waals surface area (Å²) in [5, 5.41) is 2.87. The van der Waals surface area contributed by atoms with Crippen LogP contribution in [0.25, 0.3) is 0 Å². The number of hydrogen-bond donors (Lipinski definition) is 1. The first kappa shape index (κ1) is 15.0. The van der Waals surface area contributed by atoms with Crippen molar-refractivity contribution in [1.29, 1.82) is 0 Å². The van der Waals surface area contributed by atoms with Gasteiger partial charge in [-0.1, -0.05) is 27.7 Å². The second kappa shape index (κ2) is 4.90. The Morgan fingerprint density at radius 3 is 2.06 bits per heavy atom.